The van der Waals surface area contributed by atoms with Crippen molar-refractivity contribution in [1.82, 2.24) is 0 Å². The Morgan fingerprint density at radius 2 is 2.17 bits per heavy atom. The molecule has 3 heteroatoms. The van der Waals surface area contributed by atoms with Gasteiger partial charge in [0.25, 0.3) is 0 Å². The van der Waals surface area contributed by atoms with Crippen molar-refractivity contribution in [2.45, 2.75) is 6.92 Å². The molecule has 0 aliphatic rings. The van der Waals surface area contributed by atoms with E-state index in [0.717, 1.165) is 10.8 Å². The lowest BCUT2D eigenvalue weighted by Crippen LogP contribution is -1.94. The maximum absolute atomic E-state index is 11.0. The average molecular weight is 227 g/mol. The van der Waals surface area contributed by atoms with Crippen LogP contribution in [0.4, 0.5) is 0 Å². The molecule has 0 bridgehead atoms. The first-order valence-electron chi connectivity index (χ1n) is 3.41. The van der Waals surface area contributed by atoms with Crippen LogP contribution in [0.15, 0.2) is 22.7 Å². The van der Waals surface area contributed by atoms with E-state index in [0.29, 0.717) is 11.1 Å². The van der Waals surface area contributed by atoms with E-state index in [4.69, 9.17) is 0 Å². The van der Waals surface area contributed by atoms with Gasteiger partial charge in [0, 0.05) is 15.6 Å². The lowest BCUT2D eigenvalue weighted by molar-refractivity contribution is 0.101. The van der Waals surface area contributed by atoms with Crippen molar-refractivity contribution in [2.75, 3.05) is 0 Å². The van der Waals surface area contributed by atoms with Gasteiger partial charge in [0.15, 0.2) is 5.78 Å². The smallest absolute Gasteiger partial charge is 0.160 e. The molecule has 0 spiro atoms. The standard InChI is InChI=1S/C9H7BrO2/c1-6(12)8-4-7(5-11)2-3-9(8)10/h2-5H,1H3. The number of carbonyl (C=O) groups is 2. The monoisotopic (exact) mass is 226 g/mol. The van der Waals surface area contributed by atoms with Crippen molar-refractivity contribution < 1.29 is 9.59 Å². The van der Waals surface area contributed by atoms with Crippen molar-refractivity contribution in [3.8, 4) is 0 Å². The third kappa shape index (κ3) is 1.80. The summed E-state index contributed by atoms with van der Waals surface area (Å²) in [6, 6.07) is 4.92. The maximum atomic E-state index is 11.0. The van der Waals surface area contributed by atoms with E-state index in [-0.39, 0.29) is 5.78 Å². The zero-order valence-electron chi connectivity index (χ0n) is 6.50. The second kappa shape index (κ2) is 3.63. The topological polar surface area (TPSA) is 34.1 Å². The first-order chi connectivity index (χ1) is 5.65. The third-order valence-electron chi connectivity index (χ3n) is 1.51. The molecule has 0 saturated heterocycles. The van der Waals surface area contributed by atoms with Crippen molar-refractivity contribution >= 4 is 28.0 Å². The molecule has 0 aliphatic carbocycles. The first-order valence-corrected chi connectivity index (χ1v) is 4.20. The van der Waals surface area contributed by atoms with Crippen LogP contribution in [0.5, 0.6) is 0 Å². The molecule has 0 heterocycles. The number of halogens is 1. The number of hydrogen-bond donors (Lipinski definition) is 0. The molecule has 0 radical (unpaired) electrons. The Morgan fingerprint density at radius 1 is 1.50 bits per heavy atom. The largest absolute Gasteiger partial charge is 0.298 e. The van der Waals surface area contributed by atoms with E-state index in [9.17, 15) is 9.59 Å². The van der Waals surface area contributed by atoms with Gasteiger partial charge in [-0.1, -0.05) is 22.0 Å². The zero-order chi connectivity index (χ0) is 9.14. The molecule has 1 aromatic rings. The van der Waals surface area contributed by atoms with Crippen LogP contribution in [0.1, 0.15) is 27.6 Å². The normalized spacial score (nSPS) is 9.50. The van der Waals surface area contributed by atoms with Gasteiger partial charge in [-0.2, -0.15) is 0 Å². The van der Waals surface area contributed by atoms with Crippen molar-refractivity contribution in [3.63, 3.8) is 0 Å². The molecule has 12 heavy (non-hydrogen) atoms. The molecule has 0 aromatic heterocycles. The molecular weight excluding hydrogens is 220 g/mol. The van der Waals surface area contributed by atoms with Gasteiger partial charge in [-0.05, 0) is 19.1 Å². The summed E-state index contributed by atoms with van der Waals surface area (Å²) in [5, 5.41) is 0. The van der Waals surface area contributed by atoms with E-state index in [1.807, 2.05) is 0 Å². The van der Waals surface area contributed by atoms with E-state index >= 15 is 0 Å². The SMILES string of the molecule is CC(=O)c1cc(C=O)ccc1Br. The Labute approximate surface area is 78.7 Å². The van der Waals surface area contributed by atoms with Gasteiger partial charge in [-0.3, -0.25) is 9.59 Å². The fourth-order valence-electron chi connectivity index (χ4n) is 0.886. The van der Waals surface area contributed by atoms with Crippen LogP contribution in [0, 0.1) is 0 Å². The Hall–Kier alpha value is -0.960. The van der Waals surface area contributed by atoms with Gasteiger partial charge in [0.2, 0.25) is 0 Å². The predicted molar refractivity (Wildman–Crippen MR) is 49.5 cm³/mol. The predicted octanol–water partition coefficient (Wildman–Crippen LogP) is 2.46. The molecule has 0 N–H and O–H groups in total. The van der Waals surface area contributed by atoms with Crippen molar-refractivity contribution in [1.29, 1.82) is 0 Å². The molecule has 1 rings (SSSR count). The maximum Gasteiger partial charge on any atom is 0.160 e. The van der Waals surface area contributed by atoms with E-state index in [1.54, 1.807) is 18.2 Å². The van der Waals surface area contributed by atoms with E-state index in [1.165, 1.54) is 6.92 Å². The summed E-state index contributed by atoms with van der Waals surface area (Å²) < 4.78 is 0.723. The lowest BCUT2D eigenvalue weighted by Gasteiger charge is -1.99. The minimum atomic E-state index is -0.0504. The summed E-state index contributed by atoms with van der Waals surface area (Å²) in [7, 11) is 0. The Balaban J connectivity index is 3.25. The van der Waals surface area contributed by atoms with Crippen molar-refractivity contribution in [3.05, 3.63) is 33.8 Å². The number of Topliss-reactive ketones (excluding diaryl/α,β-unsaturated/α-hetero) is 1. The second-order valence-corrected chi connectivity index (χ2v) is 3.27. The molecule has 0 fully saturated rings. The highest BCUT2D eigenvalue weighted by Crippen LogP contribution is 2.17. The molecule has 0 saturated carbocycles. The van der Waals surface area contributed by atoms with Crippen LogP contribution in [0.3, 0.4) is 0 Å². The van der Waals surface area contributed by atoms with Crippen LogP contribution in [0.2, 0.25) is 0 Å². The summed E-state index contributed by atoms with van der Waals surface area (Å²) >= 11 is 3.22. The van der Waals surface area contributed by atoms with Crippen molar-refractivity contribution in [2.24, 2.45) is 0 Å². The fourth-order valence-corrected chi connectivity index (χ4v) is 1.41. The van der Waals surface area contributed by atoms with E-state index < -0.39 is 0 Å². The highest BCUT2D eigenvalue weighted by molar-refractivity contribution is 9.10. The highest BCUT2D eigenvalue weighted by atomic mass is 79.9. The molecule has 0 amide bonds. The zero-order valence-corrected chi connectivity index (χ0v) is 8.09. The molecule has 0 atom stereocenters. The molecule has 2 nitrogen and oxygen atoms in total. The molecule has 0 unspecified atom stereocenters. The highest BCUT2D eigenvalue weighted by Gasteiger charge is 2.04. The van der Waals surface area contributed by atoms with Gasteiger partial charge in [0.1, 0.15) is 6.29 Å². The lowest BCUT2D eigenvalue weighted by atomic mass is 10.1. The molecule has 1 aromatic carbocycles. The van der Waals surface area contributed by atoms with Crippen LogP contribution in [-0.4, -0.2) is 12.1 Å². The van der Waals surface area contributed by atoms with Gasteiger partial charge >= 0.3 is 0 Å². The average Bonchev–Trinajstić information content (AvgIpc) is 2.05. The van der Waals surface area contributed by atoms with Crippen LogP contribution < -0.4 is 0 Å². The van der Waals surface area contributed by atoms with Crippen LogP contribution >= 0.6 is 15.9 Å². The second-order valence-electron chi connectivity index (χ2n) is 2.41. The van der Waals surface area contributed by atoms with Crippen LogP contribution in [-0.2, 0) is 0 Å². The number of rotatable bonds is 2. The summed E-state index contributed by atoms with van der Waals surface area (Å²) in [5.74, 6) is -0.0504. The molecular formula is C9H7BrO2. The minimum absolute atomic E-state index is 0.0504. The molecule has 62 valence electrons. The summed E-state index contributed by atoms with van der Waals surface area (Å²) in [4.78, 5) is 21.4. The Kier molecular flexibility index (Phi) is 2.76. The molecule has 0 aliphatic heterocycles. The van der Waals surface area contributed by atoms with Gasteiger partial charge in [0.05, 0.1) is 0 Å². The minimum Gasteiger partial charge on any atom is -0.298 e. The number of carbonyl (C=O) groups excluding carboxylic acids is 2. The van der Waals surface area contributed by atoms with Gasteiger partial charge < -0.3 is 0 Å². The number of ketones is 1. The fraction of sp³-hybridized carbons (Fsp3) is 0.111. The Morgan fingerprint density at radius 3 is 2.67 bits per heavy atom. The Bertz CT molecular complexity index is 331. The van der Waals surface area contributed by atoms with Crippen LogP contribution in [0.25, 0.3) is 0 Å². The first kappa shape index (κ1) is 9.13. The van der Waals surface area contributed by atoms with Gasteiger partial charge in [-0.25, -0.2) is 0 Å². The third-order valence-corrected chi connectivity index (χ3v) is 2.20. The number of benzene rings is 1. The number of aldehydes is 1. The summed E-state index contributed by atoms with van der Waals surface area (Å²) in [6.07, 6.45) is 0.721. The van der Waals surface area contributed by atoms with Gasteiger partial charge in [-0.15, -0.1) is 0 Å². The quantitative estimate of drug-likeness (QED) is 0.574. The number of hydrogen-bond acceptors (Lipinski definition) is 2. The van der Waals surface area contributed by atoms with E-state index in [2.05, 4.69) is 15.9 Å². The summed E-state index contributed by atoms with van der Waals surface area (Å²) in [6.45, 7) is 1.47. The summed E-state index contributed by atoms with van der Waals surface area (Å²) in [5.41, 5.74) is 1.06.